The molecule has 0 aromatic carbocycles. The minimum absolute atomic E-state index is 0. The van der Waals surface area contributed by atoms with Crippen LogP contribution in [0, 0.1) is 0 Å². The minimum Gasteiger partial charge on any atom is -1.00 e. The summed E-state index contributed by atoms with van der Waals surface area (Å²) in [6, 6.07) is 0. The van der Waals surface area contributed by atoms with Gasteiger partial charge in [-0.1, -0.05) is 0 Å². The first-order valence-electron chi connectivity index (χ1n) is 0.894. The zero-order chi connectivity index (χ0) is 4.50. The van der Waals surface area contributed by atoms with Crippen molar-refractivity contribution in [3.05, 3.63) is 0 Å². The minimum atomic E-state index is -4.61. The first-order chi connectivity index (χ1) is 2.00. The van der Waals surface area contributed by atoms with E-state index in [1.165, 1.54) is 0 Å². The predicted molar refractivity (Wildman–Crippen MR) is 33.8 cm³/mol. The Balaban J connectivity index is -0.00000000381. The average Bonchev–Trinajstić information content (AvgIpc) is 0.722. The Morgan fingerprint density at radius 2 is 0.636 bits per heavy atom. The molecule has 11 heavy (non-hydrogen) atoms. The molecule has 11 heteroatoms. The van der Waals surface area contributed by atoms with Crippen LogP contribution in [0.1, 0.15) is 1.43 Å². The first-order valence-corrected chi connectivity index (χ1v) is 2.68. The van der Waals surface area contributed by atoms with Crippen LogP contribution in [0.25, 0.3) is 0 Å². The molecule has 9 nitrogen and oxygen atoms in total. The number of rotatable bonds is 0. The average molecular weight is 226 g/mol. The summed E-state index contributed by atoms with van der Waals surface area (Å²) in [5.74, 6) is 0. The van der Waals surface area contributed by atoms with Gasteiger partial charge in [0.05, 0.1) is 0 Å². The second-order valence-electron chi connectivity index (χ2n) is 0.600. The normalized spacial score (nSPS) is 5.45. The van der Waals surface area contributed by atoms with Gasteiger partial charge >= 0.3 is 60.4 Å². The molecular formula is H15KO9Si. The fraction of sp³-hybridized carbons (Fsp3) is 0. The molecular weight excluding hydrogens is 211 g/mol. The van der Waals surface area contributed by atoms with E-state index in [0.717, 1.165) is 0 Å². The molecule has 0 radical (unpaired) electrons. The van der Waals surface area contributed by atoms with E-state index in [-0.39, 0.29) is 80.2 Å². The van der Waals surface area contributed by atoms with E-state index in [0.29, 0.717) is 0 Å². The van der Waals surface area contributed by atoms with Gasteiger partial charge in [0.2, 0.25) is 0 Å². The second kappa shape index (κ2) is 22.5. The molecule has 0 rings (SSSR count). The Kier molecular flexibility index (Phi) is 112. The van der Waals surface area contributed by atoms with Gasteiger partial charge in [-0.25, -0.2) is 0 Å². The molecule has 0 aliphatic heterocycles. The fourth-order valence-corrected chi connectivity index (χ4v) is 0. The zero-order valence-corrected chi connectivity index (χ0v) is 9.91. The van der Waals surface area contributed by atoms with Crippen LogP contribution >= 0.6 is 0 Å². The number of hydrogen-bond donors (Lipinski definition) is 4. The van der Waals surface area contributed by atoms with Gasteiger partial charge < -0.3 is 48.0 Å². The van der Waals surface area contributed by atoms with Gasteiger partial charge in [0.1, 0.15) is 0 Å². The molecule has 0 heterocycles. The van der Waals surface area contributed by atoms with E-state index < -0.39 is 9.05 Å². The molecule has 0 aromatic heterocycles. The largest absolute Gasteiger partial charge is 1.00 e. The van der Waals surface area contributed by atoms with Crippen LogP contribution in [0.2, 0.25) is 0 Å². The van der Waals surface area contributed by atoms with Crippen LogP contribution < -0.4 is 51.4 Å². The van der Waals surface area contributed by atoms with Crippen LogP contribution in [0.3, 0.4) is 0 Å². The summed E-state index contributed by atoms with van der Waals surface area (Å²) in [7, 11) is -4.61. The molecule has 0 saturated carbocycles. The van der Waals surface area contributed by atoms with E-state index >= 15 is 0 Å². The van der Waals surface area contributed by atoms with E-state index in [2.05, 4.69) is 0 Å². The van der Waals surface area contributed by atoms with E-state index in [1.54, 1.807) is 0 Å². The Bertz CT molecular complexity index is 30.0. The van der Waals surface area contributed by atoms with E-state index in [9.17, 15) is 0 Å². The van der Waals surface area contributed by atoms with Crippen molar-refractivity contribution in [2.75, 3.05) is 0 Å². The van der Waals surface area contributed by atoms with Crippen molar-refractivity contribution in [3.8, 4) is 0 Å². The SMILES string of the molecule is O.O.O.O.O.O[Si](O)(O)O.[H-].[K+]. The summed E-state index contributed by atoms with van der Waals surface area (Å²) in [6.45, 7) is 0. The predicted octanol–water partition coefficient (Wildman–Crippen LogP) is -9.62. The van der Waals surface area contributed by atoms with E-state index in [1.807, 2.05) is 0 Å². The Morgan fingerprint density at radius 1 is 0.636 bits per heavy atom. The molecule has 0 aliphatic carbocycles. The molecule has 0 bridgehead atoms. The maximum absolute atomic E-state index is 7.33. The third-order valence-electron chi connectivity index (χ3n) is 0. The van der Waals surface area contributed by atoms with Gasteiger partial charge in [0.15, 0.2) is 0 Å². The van der Waals surface area contributed by atoms with Crippen LogP contribution in [0.15, 0.2) is 0 Å². The molecule has 0 amide bonds. The zero-order valence-electron chi connectivity index (χ0n) is 6.79. The van der Waals surface area contributed by atoms with Crippen LogP contribution in [0.5, 0.6) is 0 Å². The van der Waals surface area contributed by atoms with Crippen molar-refractivity contribution in [2.45, 2.75) is 0 Å². The Labute approximate surface area is 107 Å². The van der Waals surface area contributed by atoms with Crippen molar-refractivity contribution in [1.29, 1.82) is 0 Å². The standard InChI is InChI=1S/K.H4O4Si.5H2O.H/c;1-5(2,3)4;;;;;;/h;1-4H;5*1H2;/q+1;;;;;;;-1. The maximum Gasteiger partial charge on any atom is 1.00 e. The van der Waals surface area contributed by atoms with Crippen molar-refractivity contribution in [1.82, 2.24) is 0 Å². The summed E-state index contributed by atoms with van der Waals surface area (Å²) in [5, 5.41) is 0. The summed E-state index contributed by atoms with van der Waals surface area (Å²) in [4.78, 5) is 29.3. The van der Waals surface area contributed by atoms with Crippen molar-refractivity contribution >= 4 is 9.05 Å². The van der Waals surface area contributed by atoms with Crippen molar-refractivity contribution in [2.24, 2.45) is 0 Å². The molecule has 0 aromatic rings. The van der Waals surface area contributed by atoms with Gasteiger partial charge in [0.25, 0.3) is 0 Å². The smallest absolute Gasteiger partial charge is 1.00 e. The van der Waals surface area contributed by atoms with Crippen LogP contribution in [-0.4, -0.2) is 55.6 Å². The molecule has 0 aliphatic rings. The molecule has 74 valence electrons. The molecule has 0 unspecified atom stereocenters. The summed E-state index contributed by atoms with van der Waals surface area (Å²) in [6.07, 6.45) is 0. The van der Waals surface area contributed by atoms with E-state index in [4.69, 9.17) is 19.2 Å². The monoisotopic (exact) mass is 226 g/mol. The molecule has 14 N–H and O–H groups in total. The fourth-order valence-electron chi connectivity index (χ4n) is 0. The van der Waals surface area contributed by atoms with Crippen LogP contribution in [0.4, 0.5) is 0 Å². The third-order valence-corrected chi connectivity index (χ3v) is 0. The number of hydrogen-bond acceptors (Lipinski definition) is 4. The summed E-state index contributed by atoms with van der Waals surface area (Å²) in [5.41, 5.74) is 0. The van der Waals surface area contributed by atoms with Crippen molar-refractivity contribution in [3.63, 3.8) is 0 Å². The topological polar surface area (TPSA) is 238 Å². The van der Waals surface area contributed by atoms with Gasteiger partial charge in [-0.15, -0.1) is 0 Å². The summed E-state index contributed by atoms with van der Waals surface area (Å²) >= 11 is 0. The van der Waals surface area contributed by atoms with Gasteiger partial charge in [-0.05, 0) is 0 Å². The van der Waals surface area contributed by atoms with Gasteiger partial charge in [-0.2, -0.15) is 0 Å². The Morgan fingerprint density at radius 3 is 0.636 bits per heavy atom. The molecule has 0 saturated heterocycles. The maximum atomic E-state index is 7.33. The Hall–Kier alpha value is 1.49. The molecule has 0 fully saturated rings. The van der Waals surface area contributed by atoms with Crippen molar-refractivity contribution < 1.29 is 99.4 Å². The second-order valence-corrected chi connectivity index (χ2v) is 1.80. The first kappa shape index (κ1) is 54.7. The van der Waals surface area contributed by atoms with Gasteiger partial charge in [0, 0.05) is 0 Å². The summed E-state index contributed by atoms with van der Waals surface area (Å²) < 4.78 is 0. The quantitative estimate of drug-likeness (QED) is 0.294. The third kappa shape index (κ3) is 465. The molecule has 0 spiro atoms. The molecule has 0 atom stereocenters. The van der Waals surface area contributed by atoms with Crippen LogP contribution in [-0.2, 0) is 0 Å². The van der Waals surface area contributed by atoms with Gasteiger partial charge in [-0.3, -0.25) is 0 Å².